The van der Waals surface area contributed by atoms with Gasteiger partial charge in [-0.05, 0) is 67.8 Å². The highest BCUT2D eigenvalue weighted by Crippen LogP contribution is 2.27. The maximum Gasteiger partial charge on any atom is 0.262 e. The van der Waals surface area contributed by atoms with Crippen molar-refractivity contribution in [2.24, 2.45) is 0 Å². The van der Waals surface area contributed by atoms with Gasteiger partial charge in [0.05, 0.1) is 6.61 Å². The largest absolute Gasteiger partial charge is 0.380 e. The molecule has 1 N–H and O–H groups in total. The number of carbonyl (C=O) groups excluding carboxylic acids is 1. The summed E-state index contributed by atoms with van der Waals surface area (Å²) in [6, 6.07) is 14.5. The Morgan fingerprint density at radius 1 is 1.11 bits per heavy atom. The smallest absolute Gasteiger partial charge is 0.262 e. The number of nitriles is 1. The average Bonchev–Trinajstić information content (AvgIpc) is 2.72. The van der Waals surface area contributed by atoms with Crippen molar-refractivity contribution in [2.75, 3.05) is 37.7 Å². The lowest BCUT2D eigenvalue weighted by Gasteiger charge is -2.21. The van der Waals surface area contributed by atoms with Crippen LogP contribution in [0.1, 0.15) is 33.3 Å². The average molecular weight is 380 g/mol. The summed E-state index contributed by atoms with van der Waals surface area (Å²) in [6.07, 6.45) is 0. The monoisotopic (exact) mass is 379 g/mol. The first-order valence-corrected chi connectivity index (χ1v) is 9.81. The third-order valence-electron chi connectivity index (χ3n) is 4.84. The molecule has 148 valence electrons. The molecule has 2 rings (SSSR count). The van der Waals surface area contributed by atoms with Crippen molar-refractivity contribution in [1.82, 2.24) is 5.32 Å². The van der Waals surface area contributed by atoms with Gasteiger partial charge in [-0.25, -0.2) is 0 Å². The number of allylic oxidation sites excluding steroid dienone is 1. The molecule has 0 aliphatic rings. The molecule has 5 heteroatoms. The summed E-state index contributed by atoms with van der Waals surface area (Å²) >= 11 is 0. The molecule has 1 amide bonds. The lowest BCUT2D eigenvalue weighted by atomic mass is 9.98. The molecule has 2 aromatic carbocycles. The lowest BCUT2D eigenvalue weighted by molar-refractivity contribution is -0.117. The number of hydrogen-bond donors (Lipinski definition) is 1. The van der Waals surface area contributed by atoms with Gasteiger partial charge in [-0.15, -0.1) is 0 Å². The van der Waals surface area contributed by atoms with Crippen LogP contribution in [0.25, 0.3) is 16.3 Å². The van der Waals surface area contributed by atoms with Crippen LogP contribution in [0.15, 0.2) is 42.0 Å². The number of nitrogens with one attached hydrogen (secondary N) is 1. The molecule has 0 radical (unpaired) electrons. The second kappa shape index (κ2) is 10.5. The van der Waals surface area contributed by atoms with E-state index in [2.05, 4.69) is 42.3 Å². The van der Waals surface area contributed by atoms with E-state index in [0.29, 0.717) is 25.3 Å². The van der Waals surface area contributed by atoms with Crippen molar-refractivity contribution >= 4 is 27.9 Å². The first kappa shape index (κ1) is 21.5. The first-order chi connectivity index (χ1) is 13.5. The normalized spacial score (nSPS) is 11.7. The quantitative estimate of drug-likeness (QED) is 0.404. The molecule has 0 saturated carbocycles. The van der Waals surface area contributed by atoms with Crippen molar-refractivity contribution in [3.63, 3.8) is 0 Å². The molecule has 2 aromatic rings. The van der Waals surface area contributed by atoms with Gasteiger partial charge in [0.1, 0.15) is 11.6 Å². The van der Waals surface area contributed by atoms with Crippen molar-refractivity contribution in [1.29, 1.82) is 5.26 Å². The summed E-state index contributed by atoms with van der Waals surface area (Å²) in [4.78, 5) is 14.7. The Hall–Kier alpha value is -2.84. The van der Waals surface area contributed by atoms with Crippen molar-refractivity contribution < 1.29 is 9.53 Å². The molecular formula is C23H29N3O2. The fourth-order valence-corrected chi connectivity index (χ4v) is 3.17. The van der Waals surface area contributed by atoms with Crippen LogP contribution in [-0.2, 0) is 9.53 Å². The Morgan fingerprint density at radius 2 is 1.79 bits per heavy atom. The van der Waals surface area contributed by atoms with E-state index >= 15 is 0 Å². The van der Waals surface area contributed by atoms with E-state index in [1.807, 2.05) is 38.1 Å². The minimum absolute atomic E-state index is 0.135. The molecule has 0 spiro atoms. The summed E-state index contributed by atoms with van der Waals surface area (Å²) in [5.41, 5.74) is 2.88. The van der Waals surface area contributed by atoms with E-state index in [1.54, 1.807) is 0 Å². The number of amides is 1. The van der Waals surface area contributed by atoms with Gasteiger partial charge in [0, 0.05) is 31.9 Å². The molecule has 0 bridgehead atoms. The molecule has 0 aromatic heterocycles. The van der Waals surface area contributed by atoms with Crippen LogP contribution in [-0.4, -0.2) is 38.8 Å². The molecule has 5 nitrogen and oxygen atoms in total. The van der Waals surface area contributed by atoms with Crippen LogP contribution in [0.5, 0.6) is 0 Å². The molecule has 0 heterocycles. The molecular weight excluding hydrogens is 350 g/mol. The van der Waals surface area contributed by atoms with Crippen LogP contribution in [0, 0.1) is 11.3 Å². The molecule has 0 atom stereocenters. The van der Waals surface area contributed by atoms with Crippen LogP contribution in [0.2, 0.25) is 0 Å². The number of nitrogens with zero attached hydrogens (tertiary/aromatic N) is 2. The minimum Gasteiger partial charge on any atom is -0.380 e. The number of fused-ring (bicyclic) bond motifs is 1. The highest BCUT2D eigenvalue weighted by atomic mass is 16.5. The standard InChI is InChI=1S/C23H29N3O2/c1-5-26(6-2)21-11-10-19-14-18(8-9-20(19)15-21)17(4)22(16-24)23(27)25-12-13-28-7-3/h8-11,14-15H,5-7,12-13H2,1-4H3,(H,25,27)/b22-17+. The Morgan fingerprint density at radius 3 is 2.43 bits per heavy atom. The Balaban J connectivity index is 2.29. The van der Waals surface area contributed by atoms with Crippen LogP contribution in [0.3, 0.4) is 0 Å². The van der Waals surface area contributed by atoms with E-state index in [0.717, 1.165) is 29.4 Å². The third kappa shape index (κ3) is 5.11. The van der Waals surface area contributed by atoms with Crippen LogP contribution in [0.4, 0.5) is 5.69 Å². The Labute approximate surface area is 167 Å². The van der Waals surface area contributed by atoms with Crippen molar-refractivity contribution in [3.8, 4) is 6.07 Å². The van der Waals surface area contributed by atoms with E-state index in [-0.39, 0.29) is 11.5 Å². The van der Waals surface area contributed by atoms with Gasteiger partial charge in [-0.1, -0.05) is 18.2 Å². The molecule has 0 saturated heterocycles. The van der Waals surface area contributed by atoms with Gasteiger partial charge >= 0.3 is 0 Å². The Bertz CT molecular complexity index is 892. The number of ether oxygens (including phenoxy) is 1. The fourth-order valence-electron chi connectivity index (χ4n) is 3.17. The topological polar surface area (TPSA) is 65.4 Å². The minimum atomic E-state index is -0.364. The molecule has 0 fully saturated rings. The van der Waals surface area contributed by atoms with E-state index in [4.69, 9.17) is 4.74 Å². The molecule has 0 aliphatic carbocycles. The number of hydrogen-bond acceptors (Lipinski definition) is 4. The zero-order valence-corrected chi connectivity index (χ0v) is 17.2. The first-order valence-electron chi connectivity index (χ1n) is 9.81. The summed E-state index contributed by atoms with van der Waals surface area (Å²) in [6.45, 7) is 11.4. The predicted octanol–water partition coefficient (Wildman–Crippen LogP) is 4.14. The molecule has 0 unspecified atom stereocenters. The van der Waals surface area contributed by atoms with Gasteiger partial charge in [-0.2, -0.15) is 5.26 Å². The fraction of sp³-hybridized carbons (Fsp3) is 0.391. The summed E-state index contributed by atoms with van der Waals surface area (Å²) in [5, 5.41) is 14.5. The molecule has 0 aliphatic heterocycles. The van der Waals surface area contributed by atoms with Crippen molar-refractivity contribution in [2.45, 2.75) is 27.7 Å². The third-order valence-corrected chi connectivity index (χ3v) is 4.84. The van der Waals surface area contributed by atoms with Crippen LogP contribution >= 0.6 is 0 Å². The van der Waals surface area contributed by atoms with Crippen LogP contribution < -0.4 is 10.2 Å². The lowest BCUT2D eigenvalue weighted by Crippen LogP contribution is -2.28. The maximum absolute atomic E-state index is 12.3. The number of anilines is 1. The van der Waals surface area contributed by atoms with Gasteiger partial charge in [0.25, 0.3) is 5.91 Å². The number of carbonyl (C=O) groups is 1. The zero-order valence-electron chi connectivity index (χ0n) is 17.2. The highest BCUT2D eigenvalue weighted by Gasteiger charge is 2.14. The van der Waals surface area contributed by atoms with E-state index in [9.17, 15) is 10.1 Å². The van der Waals surface area contributed by atoms with Gasteiger partial charge < -0.3 is 15.0 Å². The predicted molar refractivity (Wildman–Crippen MR) is 115 cm³/mol. The van der Waals surface area contributed by atoms with Gasteiger partial charge in [0.15, 0.2) is 0 Å². The number of benzene rings is 2. The second-order valence-corrected chi connectivity index (χ2v) is 6.48. The Kier molecular flexibility index (Phi) is 8.03. The summed E-state index contributed by atoms with van der Waals surface area (Å²) in [5.74, 6) is -0.364. The van der Waals surface area contributed by atoms with E-state index in [1.165, 1.54) is 5.69 Å². The summed E-state index contributed by atoms with van der Waals surface area (Å²) in [7, 11) is 0. The van der Waals surface area contributed by atoms with Crippen molar-refractivity contribution in [3.05, 3.63) is 47.5 Å². The molecule has 28 heavy (non-hydrogen) atoms. The van der Waals surface area contributed by atoms with Gasteiger partial charge in [-0.3, -0.25) is 4.79 Å². The zero-order chi connectivity index (χ0) is 20.5. The van der Waals surface area contributed by atoms with Gasteiger partial charge in [0.2, 0.25) is 0 Å². The summed E-state index contributed by atoms with van der Waals surface area (Å²) < 4.78 is 5.22. The number of rotatable bonds is 9. The SMILES string of the molecule is CCOCCNC(=O)/C(C#N)=C(\C)c1ccc2cc(N(CC)CC)ccc2c1. The van der Waals surface area contributed by atoms with E-state index < -0.39 is 0 Å². The maximum atomic E-state index is 12.3. The second-order valence-electron chi connectivity index (χ2n) is 6.48. The highest BCUT2D eigenvalue weighted by molar-refractivity contribution is 6.05.